The van der Waals surface area contributed by atoms with Crippen molar-refractivity contribution in [1.29, 1.82) is 0 Å². The van der Waals surface area contributed by atoms with Gasteiger partial charge in [0.15, 0.2) is 0 Å². The van der Waals surface area contributed by atoms with Crippen LogP contribution in [-0.4, -0.2) is 9.78 Å². The number of alkyl halides is 2. The van der Waals surface area contributed by atoms with Gasteiger partial charge in [-0.25, -0.2) is 8.78 Å². The van der Waals surface area contributed by atoms with E-state index < -0.39 is 6.43 Å². The summed E-state index contributed by atoms with van der Waals surface area (Å²) in [7, 11) is 0. The average molecular weight is 215 g/mol. The van der Waals surface area contributed by atoms with E-state index in [0.29, 0.717) is 11.5 Å². The Balaban J connectivity index is 2.32. The number of aromatic nitrogens is 2. The molecular formula is C10H15F2N3. The predicted octanol–water partition coefficient (Wildman–Crippen LogP) is 2.25. The molecule has 1 aliphatic rings. The summed E-state index contributed by atoms with van der Waals surface area (Å²) in [5, 5.41) is 4.03. The van der Waals surface area contributed by atoms with E-state index in [1.165, 1.54) is 10.9 Å². The standard InChI is InChI=1S/C10H15F2N3/c1-6(7-2-3-7)15-9(10(11)12)8(4-13)5-14-15/h5-7,10H,2-4,13H2,1H3. The number of halogens is 2. The molecule has 2 rings (SSSR count). The molecule has 1 unspecified atom stereocenters. The van der Waals surface area contributed by atoms with Gasteiger partial charge in [0, 0.05) is 12.1 Å². The van der Waals surface area contributed by atoms with Crippen LogP contribution in [0.15, 0.2) is 6.20 Å². The SMILES string of the molecule is CC(C1CC1)n1ncc(CN)c1C(F)F. The molecule has 0 aromatic carbocycles. The van der Waals surface area contributed by atoms with Gasteiger partial charge >= 0.3 is 0 Å². The average Bonchev–Trinajstić information content (AvgIpc) is 2.95. The van der Waals surface area contributed by atoms with Crippen LogP contribution in [0.2, 0.25) is 0 Å². The lowest BCUT2D eigenvalue weighted by Crippen LogP contribution is -2.14. The summed E-state index contributed by atoms with van der Waals surface area (Å²) >= 11 is 0. The van der Waals surface area contributed by atoms with Crippen molar-refractivity contribution in [3.8, 4) is 0 Å². The van der Waals surface area contributed by atoms with E-state index in [2.05, 4.69) is 5.10 Å². The Kier molecular flexibility index (Phi) is 2.73. The first-order valence-electron chi connectivity index (χ1n) is 5.19. The molecule has 1 aliphatic carbocycles. The largest absolute Gasteiger partial charge is 0.326 e. The van der Waals surface area contributed by atoms with Crippen molar-refractivity contribution < 1.29 is 8.78 Å². The second-order valence-electron chi connectivity index (χ2n) is 4.08. The molecule has 84 valence electrons. The zero-order chi connectivity index (χ0) is 11.0. The van der Waals surface area contributed by atoms with Gasteiger partial charge in [-0.1, -0.05) is 0 Å². The van der Waals surface area contributed by atoms with E-state index in [-0.39, 0.29) is 18.3 Å². The zero-order valence-electron chi connectivity index (χ0n) is 8.66. The van der Waals surface area contributed by atoms with Gasteiger partial charge in [-0.2, -0.15) is 5.10 Å². The third-order valence-electron chi connectivity index (χ3n) is 3.03. The molecule has 0 spiro atoms. The van der Waals surface area contributed by atoms with E-state index in [0.717, 1.165) is 12.8 Å². The highest BCUT2D eigenvalue weighted by molar-refractivity contribution is 5.19. The normalized spacial score (nSPS) is 18.5. The van der Waals surface area contributed by atoms with E-state index in [4.69, 9.17) is 5.73 Å². The summed E-state index contributed by atoms with van der Waals surface area (Å²) in [5.74, 6) is 0.507. The van der Waals surface area contributed by atoms with Crippen molar-refractivity contribution in [3.63, 3.8) is 0 Å². The van der Waals surface area contributed by atoms with Gasteiger partial charge in [0.05, 0.1) is 12.2 Å². The third kappa shape index (κ3) is 1.88. The molecule has 1 atom stereocenters. The Hall–Kier alpha value is -0.970. The van der Waals surface area contributed by atoms with Crippen LogP contribution in [0.4, 0.5) is 8.78 Å². The summed E-state index contributed by atoms with van der Waals surface area (Å²) in [6.07, 6.45) is 1.19. The number of nitrogens with zero attached hydrogens (tertiary/aromatic N) is 2. The zero-order valence-corrected chi connectivity index (χ0v) is 8.66. The van der Waals surface area contributed by atoms with Gasteiger partial charge in [-0.15, -0.1) is 0 Å². The lowest BCUT2D eigenvalue weighted by Gasteiger charge is -2.15. The van der Waals surface area contributed by atoms with Crippen molar-refractivity contribution in [2.75, 3.05) is 0 Å². The Morgan fingerprint density at radius 3 is 2.73 bits per heavy atom. The Morgan fingerprint density at radius 2 is 2.27 bits per heavy atom. The summed E-state index contributed by atoms with van der Waals surface area (Å²) in [6, 6.07) is 0.0642. The molecule has 2 N–H and O–H groups in total. The van der Waals surface area contributed by atoms with Crippen LogP contribution in [0.25, 0.3) is 0 Å². The van der Waals surface area contributed by atoms with Crippen molar-refractivity contribution in [2.24, 2.45) is 11.7 Å². The fourth-order valence-electron chi connectivity index (χ4n) is 1.91. The summed E-state index contributed by atoms with van der Waals surface area (Å²) < 4.78 is 27.1. The molecule has 1 fully saturated rings. The summed E-state index contributed by atoms with van der Waals surface area (Å²) in [4.78, 5) is 0. The second kappa shape index (κ2) is 3.89. The van der Waals surface area contributed by atoms with Crippen LogP contribution in [0, 0.1) is 5.92 Å². The minimum atomic E-state index is -2.49. The van der Waals surface area contributed by atoms with Gasteiger partial charge in [-0.05, 0) is 25.7 Å². The van der Waals surface area contributed by atoms with Crippen LogP contribution in [0.5, 0.6) is 0 Å². The van der Waals surface area contributed by atoms with Gasteiger partial charge in [0.2, 0.25) is 0 Å². The molecule has 0 radical (unpaired) electrons. The summed E-state index contributed by atoms with van der Waals surface area (Å²) in [5.41, 5.74) is 5.86. The van der Waals surface area contributed by atoms with E-state index in [1.54, 1.807) is 0 Å². The number of hydrogen-bond acceptors (Lipinski definition) is 2. The number of rotatable bonds is 4. The Labute approximate surface area is 87.3 Å². The van der Waals surface area contributed by atoms with E-state index in [9.17, 15) is 8.78 Å². The maximum Gasteiger partial charge on any atom is 0.280 e. The highest BCUT2D eigenvalue weighted by Gasteiger charge is 2.32. The minimum absolute atomic E-state index is 0.00287. The summed E-state index contributed by atoms with van der Waals surface area (Å²) in [6.45, 7) is 2.06. The molecule has 0 bridgehead atoms. The first-order valence-corrected chi connectivity index (χ1v) is 5.19. The molecule has 1 heterocycles. The van der Waals surface area contributed by atoms with Crippen LogP contribution < -0.4 is 5.73 Å². The lowest BCUT2D eigenvalue weighted by molar-refractivity contribution is 0.134. The first-order chi connectivity index (χ1) is 7.15. The van der Waals surface area contributed by atoms with Gasteiger partial charge in [0.1, 0.15) is 5.69 Å². The molecule has 3 nitrogen and oxygen atoms in total. The number of hydrogen-bond donors (Lipinski definition) is 1. The molecule has 1 aromatic rings. The quantitative estimate of drug-likeness (QED) is 0.837. The predicted molar refractivity (Wildman–Crippen MR) is 52.5 cm³/mol. The topological polar surface area (TPSA) is 43.8 Å². The molecule has 0 aliphatic heterocycles. The monoisotopic (exact) mass is 215 g/mol. The Bertz CT molecular complexity index is 344. The van der Waals surface area contributed by atoms with Crippen molar-refractivity contribution in [1.82, 2.24) is 9.78 Å². The molecule has 1 saturated carbocycles. The van der Waals surface area contributed by atoms with Crippen molar-refractivity contribution in [3.05, 3.63) is 17.5 Å². The van der Waals surface area contributed by atoms with E-state index >= 15 is 0 Å². The molecule has 5 heteroatoms. The maximum atomic E-state index is 12.8. The van der Waals surface area contributed by atoms with Crippen molar-refractivity contribution in [2.45, 2.75) is 38.8 Å². The third-order valence-corrected chi connectivity index (χ3v) is 3.03. The van der Waals surface area contributed by atoms with Gasteiger partial charge < -0.3 is 5.73 Å². The van der Waals surface area contributed by atoms with Gasteiger partial charge in [0.25, 0.3) is 6.43 Å². The fraction of sp³-hybridized carbons (Fsp3) is 0.700. The molecule has 0 saturated heterocycles. The fourth-order valence-corrected chi connectivity index (χ4v) is 1.91. The molecule has 1 aromatic heterocycles. The Morgan fingerprint density at radius 1 is 1.60 bits per heavy atom. The second-order valence-corrected chi connectivity index (χ2v) is 4.08. The van der Waals surface area contributed by atoms with Crippen LogP contribution >= 0.6 is 0 Å². The molecular weight excluding hydrogens is 200 g/mol. The molecule has 15 heavy (non-hydrogen) atoms. The highest BCUT2D eigenvalue weighted by Crippen LogP contribution is 2.40. The highest BCUT2D eigenvalue weighted by atomic mass is 19.3. The van der Waals surface area contributed by atoms with Crippen LogP contribution in [0.1, 0.15) is 43.5 Å². The van der Waals surface area contributed by atoms with Crippen LogP contribution in [-0.2, 0) is 6.54 Å². The molecule has 0 amide bonds. The number of nitrogens with two attached hydrogens (primary N) is 1. The lowest BCUT2D eigenvalue weighted by atomic mass is 10.2. The first kappa shape index (κ1) is 10.5. The van der Waals surface area contributed by atoms with Gasteiger partial charge in [-0.3, -0.25) is 4.68 Å². The maximum absolute atomic E-state index is 12.8. The van der Waals surface area contributed by atoms with E-state index in [1.807, 2.05) is 6.92 Å². The van der Waals surface area contributed by atoms with Crippen molar-refractivity contribution >= 4 is 0 Å². The smallest absolute Gasteiger partial charge is 0.280 e. The van der Waals surface area contributed by atoms with Crippen LogP contribution in [0.3, 0.4) is 0 Å². The minimum Gasteiger partial charge on any atom is -0.326 e.